The first-order valence-corrected chi connectivity index (χ1v) is 7.09. The van der Waals surface area contributed by atoms with Crippen molar-refractivity contribution in [2.75, 3.05) is 7.11 Å². The predicted octanol–water partition coefficient (Wildman–Crippen LogP) is 2.79. The summed E-state index contributed by atoms with van der Waals surface area (Å²) in [6, 6.07) is 7.41. The fraction of sp³-hybridized carbons (Fsp3) is 0.154. The molecule has 98 valence electrons. The lowest BCUT2D eigenvalue weighted by molar-refractivity contribution is -0.151. The highest BCUT2D eigenvalue weighted by atomic mass is 32.1. The van der Waals surface area contributed by atoms with Gasteiger partial charge in [0, 0.05) is 9.75 Å². The van der Waals surface area contributed by atoms with E-state index >= 15 is 0 Å². The van der Waals surface area contributed by atoms with Crippen LogP contribution in [0.3, 0.4) is 0 Å². The van der Waals surface area contributed by atoms with Gasteiger partial charge in [0.25, 0.3) is 0 Å². The van der Waals surface area contributed by atoms with Gasteiger partial charge in [0.15, 0.2) is 5.78 Å². The van der Waals surface area contributed by atoms with Crippen LogP contribution in [0, 0.1) is 0 Å². The van der Waals surface area contributed by atoms with Crippen LogP contribution in [0.5, 0.6) is 0 Å². The molecule has 0 atom stereocenters. The molecule has 0 saturated carbocycles. The number of methoxy groups -OCH3 is 1. The molecule has 19 heavy (non-hydrogen) atoms. The molecule has 0 radical (unpaired) electrons. The molecule has 0 aromatic carbocycles. The van der Waals surface area contributed by atoms with Gasteiger partial charge in [-0.25, -0.2) is 4.79 Å². The molecule has 0 spiro atoms. The lowest BCUT2D eigenvalue weighted by Gasteiger charge is -1.96. The molecule has 6 heteroatoms. The summed E-state index contributed by atoms with van der Waals surface area (Å²) < 4.78 is 4.28. The van der Waals surface area contributed by atoms with E-state index in [-0.39, 0.29) is 5.78 Å². The third-order valence-electron chi connectivity index (χ3n) is 2.38. The molecule has 0 aliphatic heterocycles. The number of carbonyl (C=O) groups is 3. The maximum Gasteiger partial charge on any atom is 0.374 e. The van der Waals surface area contributed by atoms with Crippen molar-refractivity contribution < 1.29 is 19.1 Å². The predicted molar refractivity (Wildman–Crippen MR) is 73.6 cm³/mol. The Kier molecular flexibility index (Phi) is 4.24. The molecule has 0 saturated heterocycles. The van der Waals surface area contributed by atoms with E-state index in [2.05, 4.69) is 4.74 Å². The second-order valence-electron chi connectivity index (χ2n) is 3.66. The van der Waals surface area contributed by atoms with Crippen molar-refractivity contribution in [2.24, 2.45) is 0 Å². The summed E-state index contributed by atoms with van der Waals surface area (Å²) >= 11 is 2.90. The molecule has 4 nitrogen and oxygen atoms in total. The summed E-state index contributed by atoms with van der Waals surface area (Å²) in [5.74, 6) is -2.16. The summed E-state index contributed by atoms with van der Waals surface area (Å²) in [6.45, 7) is 0. The molecular weight excluding hydrogens is 284 g/mol. The maximum atomic E-state index is 11.8. The summed E-state index contributed by atoms with van der Waals surface area (Å²) in [7, 11) is 1.12. The first-order chi connectivity index (χ1) is 9.11. The molecule has 0 aliphatic carbocycles. The van der Waals surface area contributed by atoms with E-state index in [4.69, 9.17) is 0 Å². The number of hydrogen-bond donors (Lipinski definition) is 0. The molecule has 0 amide bonds. The van der Waals surface area contributed by atoms with Gasteiger partial charge in [0.05, 0.1) is 18.4 Å². The number of ether oxygens (including phenoxy) is 1. The van der Waals surface area contributed by atoms with Crippen LogP contribution < -0.4 is 0 Å². The largest absolute Gasteiger partial charge is 0.463 e. The Hall–Kier alpha value is -1.79. The summed E-state index contributed by atoms with van der Waals surface area (Å²) in [5.41, 5.74) is 0. The maximum absolute atomic E-state index is 11.8. The molecule has 0 bridgehead atoms. The number of ketones is 2. The second-order valence-corrected chi connectivity index (χ2v) is 5.69. The first-order valence-electron chi connectivity index (χ1n) is 5.40. The number of carbonyl (C=O) groups excluding carboxylic acids is 3. The minimum Gasteiger partial charge on any atom is -0.463 e. The lowest BCUT2D eigenvalue weighted by Crippen LogP contribution is -2.18. The number of rotatable bonds is 5. The fourth-order valence-electron chi connectivity index (χ4n) is 1.46. The minimum atomic E-state index is -0.983. The van der Waals surface area contributed by atoms with Crippen molar-refractivity contribution in [3.63, 3.8) is 0 Å². The van der Waals surface area contributed by atoms with Crippen LogP contribution in [-0.2, 0) is 14.3 Å². The van der Waals surface area contributed by atoms with E-state index in [1.807, 2.05) is 23.6 Å². The van der Waals surface area contributed by atoms with Gasteiger partial charge in [0.1, 0.15) is 0 Å². The Morgan fingerprint density at radius 1 is 1.16 bits per heavy atom. The molecule has 0 unspecified atom stereocenters. The quantitative estimate of drug-likeness (QED) is 0.368. The monoisotopic (exact) mass is 294 g/mol. The average molecular weight is 294 g/mol. The highest BCUT2D eigenvalue weighted by molar-refractivity contribution is 7.22. The zero-order valence-electron chi connectivity index (χ0n) is 10.0. The molecule has 0 aliphatic rings. The number of hydrogen-bond acceptors (Lipinski definition) is 6. The Balaban J connectivity index is 2.09. The van der Waals surface area contributed by atoms with Gasteiger partial charge in [-0.2, -0.15) is 0 Å². The Morgan fingerprint density at radius 3 is 2.58 bits per heavy atom. The Morgan fingerprint density at radius 2 is 1.95 bits per heavy atom. The number of esters is 1. The molecule has 0 N–H and O–H groups in total. The van der Waals surface area contributed by atoms with Gasteiger partial charge in [-0.15, -0.1) is 22.7 Å². The van der Waals surface area contributed by atoms with Crippen LogP contribution in [0.2, 0.25) is 0 Å². The van der Waals surface area contributed by atoms with Crippen molar-refractivity contribution in [3.05, 3.63) is 34.5 Å². The molecular formula is C13H10O4S2. The van der Waals surface area contributed by atoms with Crippen LogP contribution in [0.25, 0.3) is 9.75 Å². The topological polar surface area (TPSA) is 60.4 Å². The van der Waals surface area contributed by atoms with E-state index in [0.717, 1.165) is 16.9 Å². The molecule has 2 aromatic heterocycles. The Bertz CT molecular complexity index is 610. The van der Waals surface area contributed by atoms with E-state index < -0.39 is 18.2 Å². The van der Waals surface area contributed by atoms with Crippen LogP contribution in [0.1, 0.15) is 16.1 Å². The van der Waals surface area contributed by atoms with Crippen molar-refractivity contribution >= 4 is 40.2 Å². The fourth-order valence-corrected chi connectivity index (χ4v) is 3.24. The van der Waals surface area contributed by atoms with Crippen LogP contribution >= 0.6 is 22.7 Å². The normalized spacial score (nSPS) is 10.2. The minimum absolute atomic E-state index is 0.358. The van der Waals surface area contributed by atoms with Crippen molar-refractivity contribution in [1.82, 2.24) is 0 Å². The van der Waals surface area contributed by atoms with Crippen molar-refractivity contribution in [1.29, 1.82) is 0 Å². The SMILES string of the molecule is COC(=O)C(=O)CC(=O)c1ccc(-c2cccs2)s1. The first kappa shape index (κ1) is 13.6. The summed E-state index contributed by atoms with van der Waals surface area (Å²) in [5, 5.41) is 1.96. The molecule has 0 fully saturated rings. The van der Waals surface area contributed by atoms with E-state index in [1.165, 1.54) is 11.3 Å². The molecule has 2 aromatic rings. The molecule has 2 rings (SSSR count). The summed E-state index contributed by atoms with van der Waals surface area (Å²) in [6.07, 6.45) is -0.447. The van der Waals surface area contributed by atoms with Crippen LogP contribution in [0.4, 0.5) is 0 Å². The highest BCUT2D eigenvalue weighted by Crippen LogP contribution is 2.31. The highest BCUT2D eigenvalue weighted by Gasteiger charge is 2.20. The summed E-state index contributed by atoms with van der Waals surface area (Å²) in [4.78, 5) is 36.6. The third kappa shape index (κ3) is 3.15. The third-order valence-corrected chi connectivity index (χ3v) is 4.57. The Labute approximate surface area is 117 Å². The lowest BCUT2D eigenvalue weighted by atomic mass is 10.2. The smallest absolute Gasteiger partial charge is 0.374 e. The van der Waals surface area contributed by atoms with E-state index in [1.54, 1.807) is 17.4 Å². The number of thiophene rings is 2. The van der Waals surface area contributed by atoms with Crippen LogP contribution in [0.15, 0.2) is 29.6 Å². The van der Waals surface area contributed by atoms with Gasteiger partial charge in [-0.05, 0) is 23.6 Å². The van der Waals surface area contributed by atoms with E-state index in [9.17, 15) is 14.4 Å². The van der Waals surface area contributed by atoms with Gasteiger partial charge in [-0.3, -0.25) is 9.59 Å². The zero-order valence-corrected chi connectivity index (χ0v) is 11.7. The molecule has 2 heterocycles. The standard InChI is InChI=1S/C13H10O4S2/c1-17-13(16)9(15)7-8(14)10-4-5-12(19-10)11-3-2-6-18-11/h2-6H,7H2,1H3. The average Bonchev–Trinajstić information content (AvgIpc) is 3.07. The van der Waals surface area contributed by atoms with Crippen LogP contribution in [-0.4, -0.2) is 24.6 Å². The van der Waals surface area contributed by atoms with Gasteiger partial charge < -0.3 is 4.74 Å². The second kappa shape index (κ2) is 5.90. The zero-order chi connectivity index (χ0) is 13.8. The van der Waals surface area contributed by atoms with Crippen molar-refractivity contribution in [2.45, 2.75) is 6.42 Å². The van der Waals surface area contributed by atoms with Gasteiger partial charge in [0.2, 0.25) is 5.78 Å². The van der Waals surface area contributed by atoms with E-state index in [0.29, 0.717) is 4.88 Å². The number of Topliss-reactive ketones (excluding diaryl/α,β-unsaturated/α-hetero) is 2. The van der Waals surface area contributed by atoms with Crippen molar-refractivity contribution in [3.8, 4) is 9.75 Å². The van der Waals surface area contributed by atoms with Gasteiger partial charge >= 0.3 is 5.97 Å². The van der Waals surface area contributed by atoms with Gasteiger partial charge in [-0.1, -0.05) is 6.07 Å².